The Bertz CT molecular complexity index is 397. The molecule has 2 N–H and O–H groups in total. The molecule has 120 valence electrons. The van der Waals surface area contributed by atoms with Gasteiger partial charge < -0.3 is 20.1 Å². The maximum atomic E-state index is 12.1. The van der Waals surface area contributed by atoms with E-state index in [0.717, 1.165) is 0 Å². The molecule has 1 saturated heterocycles. The number of amides is 2. The molecule has 7 heteroatoms. The van der Waals surface area contributed by atoms with E-state index in [1.165, 1.54) is 4.90 Å². The SMILES string of the molecule is CCOC(=O)C1CCCN(C(=O)N[C@H](C(=O)O)C(C)C)C1. The molecule has 0 radical (unpaired) electrons. The first-order valence-electron chi connectivity index (χ1n) is 7.31. The smallest absolute Gasteiger partial charge is 0.326 e. The van der Waals surface area contributed by atoms with E-state index >= 15 is 0 Å². The molecule has 21 heavy (non-hydrogen) atoms. The van der Waals surface area contributed by atoms with E-state index in [9.17, 15) is 14.4 Å². The van der Waals surface area contributed by atoms with Crippen LogP contribution in [-0.4, -0.2) is 53.7 Å². The van der Waals surface area contributed by atoms with Gasteiger partial charge in [0.1, 0.15) is 6.04 Å². The molecule has 1 rings (SSSR count). The van der Waals surface area contributed by atoms with Crippen LogP contribution in [-0.2, 0) is 14.3 Å². The highest BCUT2D eigenvalue weighted by Crippen LogP contribution is 2.18. The zero-order valence-electron chi connectivity index (χ0n) is 12.8. The molecule has 0 bridgehead atoms. The van der Waals surface area contributed by atoms with Gasteiger partial charge in [-0.3, -0.25) is 4.79 Å². The molecule has 0 aromatic rings. The van der Waals surface area contributed by atoms with Crippen LogP contribution in [0.1, 0.15) is 33.6 Å². The second kappa shape index (κ2) is 7.85. The normalized spacial score (nSPS) is 20.0. The average Bonchev–Trinajstić information content (AvgIpc) is 2.44. The van der Waals surface area contributed by atoms with Gasteiger partial charge in [-0.25, -0.2) is 9.59 Å². The summed E-state index contributed by atoms with van der Waals surface area (Å²) in [5.74, 6) is -1.89. The van der Waals surface area contributed by atoms with Gasteiger partial charge in [0.25, 0.3) is 0 Å². The predicted octanol–water partition coefficient (Wildman–Crippen LogP) is 1.08. The second-order valence-electron chi connectivity index (χ2n) is 5.55. The lowest BCUT2D eigenvalue weighted by Gasteiger charge is -2.32. The molecular weight excluding hydrogens is 276 g/mol. The number of nitrogens with zero attached hydrogens (tertiary/aromatic N) is 1. The number of hydrogen-bond donors (Lipinski definition) is 2. The van der Waals surface area contributed by atoms with Crippen LogP contribution in [0.25, 0.3) is 0 Å². The minimum Gasteiger partial charge on any atom is -0.480 e. The largest absolute Gasteiger partial charge is 0.480 e. The highest BCUT2D eigenvalue weighted by molar-refractivity contribution is 5.83. The molecule has 1 fully saturated rings. The van der Waals surface area contributed by atoms with Gasteiger partial charge in [0.05, 0.1) is 12.5 Å². The van der Waals surface area contributed by atoms with E-state index in [0.29, 0.717) is 26.0 Å². The first-order valence-corrected chi connectivity index (χ1v) is 7.31. The molecule has 0 saturated carbocycles. The predicted molar refractivity (Wildman–Crippen MR) is 75.7 cm³/mol. The number of carboxylic acids is 1. The lowest BCUT2D eigenvalue weighted by molar-refractivity contribution is -0.149. The molecule has 0 spiro atoms. The van der Waals surface area contributed by atoms with Crippen LogP contribution in [0.3, 0.4) is 0 Å². The summed E-state index contributed by atoms with van der Waals surface area (Å²) in [6.45, 7) is 6.32. The highest BCUT2D eigenvalue weighted by atomic mass is 16.5. The quantitative estimate of drug-likeness (QED) is 0.741. The van der Waals surface area contributed by atoms with Crippen molar-refractivity contribution in [2.24, 2.45) is 11.8 Å². The number of carbonyl (C=O) groups excluding carboxylic acids is 2. The van der Waals surface area contributed by atoms with Crippen molar-refractivity contribution in [3.63, 3.8) is 0 Å². The van der Waals surface area contributed by atoms with Crippen molar-refractivity contribution in [2.45, 2.75) is 39.7 Å². The summed E-state index contributed by atoms with van der Waals surface area (Å²) < 4.78 is 4.98. The monoisotopic (exact) mass is 300 g/mol. The van der Waals surface area contributed by atoms with Crippen molar-refractivity contribution in [3.05, 3.63) is 0 Å². The fourth-order valence-corrected chi connectivity index (χ4v) is 2.35. The van der Waals surface area contributed by atoms with Gasteiger partial charge in [-0.1, -0.05) is 13.8 Å². The third-order valence-electron chi connectivity index (χ3n) is 3.54. The Labute approximate surface area is 124 Å². The van der Waals surface area contributed by atoms with Crippen LogP contribution < -0.4 is 5.32 Å². The molecule has 1 aliphatic rings. The van der Waals surface area contributed by atoms with Crippen LogP contribution in [0.4, 0.5) is 4.79 Å². The zero-order chi connectivity index (χ0) is 16.0. The summed E-state index contributed by atoms with van der Waals surface area (Å²) in [5.41, 5.74) is 0. The Morgan fingerprint density at radius 2 is 2.05 bits per heavy atom. The van der Waals surface area contributed by atoms with Crippen molar-refractivity contribution in [2.75, 3.05) is 19.7 Å². The van der Waals surface area contributed by atoms with E-state index < -0.39 is 18.0 Å². The van der Waals surface area contributed by atoms with E-state index in [2.05, 4.69) is 5.32 Å². The Hall–Kier alpha value is -1.79. The first-order chi connectivity index (χ1) is 9.86. The van der Waals surface area contributed by atoms with Gasteiger partial charge in [0.2, 0.25) is 0 Å². The van der Waals surface area contributed by atoms with E-state index in [1.807, 2.05) is 0 Å². The van der Waals surface area contributed by atoms with Crippen LogP contribution >= 0.6 is 0 Å². The number of esters is 1. The maximum Gasteiger partial charge on any atom is 0.326 e. The van der Waals surface area contributed by atoms with Gasteiger partial charge in [-0.2, -0.15) is 0 Å². The number of likely N-dealkylation sites (tertiary alicyclic amines) is 1. The number of urea groups is 1. The lowest BCUT2D eigenvalue weighted by atomic mass is 9.98. The Kier molecular flexibility index (Phi) is 6.45. The molecular formula is C14H24N2O5. The first kappa shape index (κ1) is 17.3. The Morgan fingerprint density at radius 3 is 2.57 bits per heavy atom. The van der Waals surface area contributed by atoms with Crippen LogP contribution in [0.2, 0.25) is 0 Å². The molecule has 1 unspecified atom stereocenters. The van der Waals surface area contributed by atoms with Crippen molar-refractivity contribution in [3.8, 4) is 0 Å². The van der Waals surface area contributed by atoms with Gasteiger partial charge >= 0.3 is 18.0 Å². The average molecular weight is 300 g/mol. The van der Waals surface area contributed by atoms with Crippen molar-refractivity contribution < 1.29 is 24.2 Å². The number of carboxylic acid groups (broad SMARTS) is 1. The summed E-state index contributed by atoms with van der Waals surface area (Å²) in [5, 5.41) is 11.6. The third kappa shape index (κ3) is 4.91. The molecule has 2 amide bonds. The molecule has 1 heterocycles. The fourth-order valence-electron chi connectivity index (χ4n) is 2.35. The number of ether oxygens (including phenoxy) is 1. The molecule has 0 aliphatic carbocycles. The topological polar surface area (TPSA) is 95.9 Å². The summed E-state index contributed by atoms with van der Waals surface area (Å²) >= 11 is 0. The number of nitrogens with one attached hydrogen (secondary N) is 1. The minimum absolute atomic E-state index is 0.211. The molecule has 0 aromatic heterocycles. The van der Waals surface area contributed by atoms with E-state index in [1.54, 1.807) is 20.8 Å². The summed E-state index contributed by atoms with van der Waals surface area (Å²) in [6, 6.07) is -1.37. The van der Waals surface area contributed by atoms with Gasteiger partial charge in [-0.15, -0.1) is 0 Å². The molecule has 1 aliphatic heterocycles. The van der Waals surface area contributed by atoms with E-state index in [4.69, 9.17) is 9.84 Å². The minimum atomic E-state index is -1.06. The number of piperidine rings is 1. The standard InChI is InChI=1S/C14H24N2O5/c1-4-21-13(19)10-6-5-7-16(8-10)14(20)15-11(9(2)3)12(17)18/h9-11H,4-8H2,1-3H3,(H,15,20)(H,17,18)/t10?,11-/m0/s1. The van der Waals surface area contributed by atoms with Crippen molar-refractivity contribution in [1.82, 2.24) is 10.2 Å². The van der Waals surface area contributed by atoms with Crippen LogP contribution in [0, 0.1) is 11.8 Å². The summed E-state index contributed by atoms with van der Waals surface area (Å²) in [4.78, 5) is 36.5. The van der Waals surface area contributed by atoms with Crippen molar-refractivity contribution in [1.29, 1.82) is 0 Å². The highest BCUT2D eigenvalue weighted by Gasteiger charge is 2.31. The summed E-state index contributed by atoms with van der Waals surface area (Å²) in [7, 11) is 0. The summed E-state index contributed by atoms with van der Waals surface area (Å²) in [6.07, 6.45) is 1.39. The Balaban J connectivity index is 2.61. The van der Waals surface area contributed by atoms with Gasteiger partial charge in [-0.05, 0) is 25.7 Å². The van der Waals surface area contributed by atoms with Gasteiger partial charge in [0, 0.05) is 13.1 Å². The van der Waals surface area contributed by atoms with Crippen LogP contribution in [0.15, 0.2) is 0 Å². The second-order valence-corrected chi connectivity index (χ2v) is 5.55. The number of hydrogen-bond acceptors (Lipinski definition) is 4. The third-order valence-corrected chi connectivity index (χ3v) is 3.54. The van der Waals surface area contributed by atoms with E-state index in [-0.39, 0.29) is 24.3 Å². The number of rotatable bonds is 5. The molecule has 2 atom stereocenters. The number of aliphatic carboxylic acids is 1. The molecule has 7 nitrogen and oxygen atoms in total. The fraction of sp³-hybridized carbons (Fsp3) is 0.786. The Morgan fingerprint density at radius 1 is 1.38 bits per heavy atom. The van der Waals surface area contributed by atoms with Crippen LogP contribution in [0.5, 0.6) is 0 Å². The van der Waals surface area contributed by atoms with Gasteiger partial charge in [0.15, 0.2) is 0 Å². The maximum absolute atomic E-state index is 12.1. The van der Waals surface area contributed by atoms with Crippen molar-refractivity contribution >= 4 is 18.0 Å². The molecule has 0 aromatic carbocycles. The zero-order valence-corrected chi connectivity index (χ0v) is 12.8. The lowest BCUT2D eigenvalue weighted by Crippen LogP contribution is -2.53. The number of carbonyl (C=O) groups is 3.